The Morgan fingerprint density at radius 3 is 2.60 bits per heavy atom. The predicted molar refractivity (Wildman–Crippen MR) is 191 cm³/mol. The van der Waals surface area contributed by atoms with Crippen molar-refractivity contribution in [3.05, 3.63) is 58.1 Å². The van der Waals surface area contributed by atoms with Crippen LogP contribution in [0.15, 0.2) is 40.8 Å². The van der Waals surface area contributed by atoms with Gasteiger partial charge in [0.05, 0.1) is 24.2 Å². The van der Waals surface area contributed by atoms with Crippen LogP contribution in [0, 0.1) is 23.7 Å². The lowest BCUT2D eigenvalue weighted by Crippen LogP contribution is -2.54. The van der Waals surface area contributed by atoms with Crippen molar-refractivity contribution in [3.8, 4) is 5.75 Å². The summed E-state index contributed by atoms with van der Waals surface area (Å²) in [5, 5.41) is 0.746. The first-order valence-corrected chi connectivity index (χ1v) is 19.6. The molecule has 9 nitrogen and oxygen atoms in total. The van der Waals surface area contributed by atoms with Crippen LogP contribution in [0.5, 0.6) is 5.75 Å². The number of nitrogens with one attached hydrogen (secondary N) is 1. The Hall–Kier alpha value is -2.82. The maximum absolute atomic E-state index is 14.4. The van der Waals surface area contributed by atoms with E-state index in [1.165, 1.54) is 11.1 Å². The molecule has 1 aliphatic carbocycles. The fourth-order valence-electron chi connectivity index (χ4n) is 8.21. The molecule has 0 radical (unpaired) electrons. The molecule has 0 aromatic heterocycles. The molecule has 0 saturated carbocycles. The molecule has 262 valence electrons. The molecule has 0 unspecified atom stereocenters. The second-order valence-electron chi connectivity index (χ2n) is 15.1. The summed E-state index contributed by atoms with van der Waals surface area (Å²) in [5.74, 6) is 1.12. The molecular formula is C37H51ClN4O5S. The highest BCUT2D eigenvalue weighted by Crippen LogP contribution is 2.45. The smallest absolute Gasteiger partial charge is 0.329 e. The minimum Gasteiger partial charge on any atom is -0.490 e. The van der Waals surface area contributed by atoms with E-state index < -0.39 is 21.9 Å². The lowest BCUT2D eigenvalue weighted by molar-refractivity contribution is 0.0302. The fraction of sp³-hybridized carbons (Fsp3) is 0.622. The molecule has 1 spiro atoms. The highest BCUT2D eigenvalue weighted by Gasteiger charge is 2.42. The van der Waals surface area contributed by atoms with Crippen molar-refractivity contribution >= 4 is 39.1 Å². The third-order valence-electron chi connectivity index (χ3n) is 11.1. The van der Waals surface area contributed by atoms with Crippen LogP contribution in [0.4, 0.5) is 10.5 Å². The summed E-state index contributed by atoms with van der Waals surface area (Å²) in [4.78, 5) is 31.0. The Labute approximate surface area is 291 Å². The van der Waals surface area contributed by atoms with Gasteiger partial charge in [0.25, 0.3) is 5.91 Å². The number of hydrogen-bond donors (Lipinski definition) is 1. The number of benzene rings is 2. The summed E-state index contributed by atoms with van der Waals surface area (Å²) in [6, 6.07) is 11.2. The zero-order valence-electron chi connectivity index (χ0n) is 29.0. The van der Waals surface area contributed by atoms with Crippen LogP contribution in [-0.2, 0) is 26.5 Å². The Kier molecular flexibility index (Phi) is 10.4. The highest BCUT2D eigenvalue weighted by atomic mass is 35.5. The van der Waals surface area contributed by atoms with E-state index in [1.807, 2.05) is 25.1 Å². The molecule has 3 amide bonds. The van der Waals surface area contributed by atoms with E-state index >= 15 is 0 Å². The number of ether oxygens (including phenoxy) is 2. The summed E-state index contributed by atoms with van der Waals surface area (Å²) < 4.78 is 34.1. The number of methoxy groups -OCH3 is 1. The van der Waals surface area contributed by atoms with E-state index in [1.54, 1.807) is 18.1 Å². The summed E-state index contributed by atoms with van der Waals surface area (Å²) >= 11 is 6.44. The van der Waals surface area contributed by atoms with Crippen LogP contribution in [0.2, 0.25) is 5.02 Å². The Balaban J connectivity index is 1.41. The van der Waals surface area contributed by atoms with Gasteiger partial charge < -0.3 is 19.3 Å². The van der Waals surface area contributed by atoms with Crippen molar-refractivity contribution in [3.63, 3.8) is 0 Å². The number of carbonyl (C=O) groups excluding carboxylic acids is 2. The van der Waals surface area contributed by atoms with Gasteiger partial charge in [-0.2, -0.15) is 0 Å². The van der Waals surface area contributed by atoms with Crippen molar-refractivity contribution in [1.82, 2.24) is 9.62 Å². The monoisotopic (exact) mass is 698 g/mol. The second-order valence-corrected chi connectivity index (χ2v) is 17.5. The van der Waals surface area contributed by atoms with Gasteiger partial charge in [-0.25, -0.2) is 9.00 Å². The van der Waals surface area contributed by atoms with Gasteiger partial charge in [-0.15, -0.1) is 4.36 Å². The van der Waals surface area contributed by atoms with E-state index in [4.69, 9.17) is 21.1 Å². The third-order valence-corrected chi connectivity index (χ3v) is 13.3. The number of aryl methyl sites for hydroxylation is 1. The van der Waals surface area contributed by atoms with Crippen LogP contribution in [0.1, 0.15) is 81.3 Å². The molecule has 2 aromatic rings. The van der Waals surface area contributed by atoms with Crippen molar-refractivity contribution in [2.24, 2.45) is 28.0 Å². The maximum Gasteiger partial charge on any atom is 0.329 e. The minimum atomic E-state index is -3.39. The molecule has 2 bridgehead atoms. The topological polar surface area (TPSA) is 101 Å². The molecule has 6 atom stereocenters. The lowest BCUT2D eigenvalue weighted by atomic mass is 9.70. The zero-order valence-corrected chi connectivity index (χ0v) is 30.6. The summed E-state index contributed by atoms with van der Waals surface area (Å²) in [5.41, 5.74) is 3.45. The number of urea groups is 1. The predicted octanol–water partition coefficient (Wildman–Crippen LogP) is 7.10. The van der Waals surface area contributed by atoms with Gasteiger partial charge in [-0.05, 0) is 97.2 Å². The van der Waals surface area contributed by atoms with Crippen molar-refractivity contribution in [1.29, 1.82) is 0 Å². The normalized spacial score (nSPS) is 31.6. The number of rotatable bonds is 2. The second kappa shape index (κ2) is 14.2. The van der Waals surface area contributed by atoms with Crippen LogP contribution >= 0.6 is 11.6 Å². The van der Waals surface area contributed by atoms with Crippen LogP contribution in [0.3, 0.4) is 0 Å². The molecular weight excluding hydrogens is 648 g/mol. The SMILES string of the molecule is CO[C@H]1CCC[C@H](C)C[S@@](=O)(NC(=O)N2CC(C)C2)=NC(=O)c2ccc3c(c2)N(C[C@H](C)[C@H]1C)C[C@@]1(CCCc2cc(Cl)ccc21)CO3. The molecule has 1 fully saturated rings. The number of fused-ring (bicyclic) bond motifs is 3. The van der Waals surface area contributed by atoms with Gasteiger partial charge in [0, 0.05) is 49.3 Å². The number of anilines is 1. The van der Waals surface area contributed by atoms with E-state index in [0.29, 0.717) is 36.9 Å². The van der Waals surface area contributed by atoms with Crippen molar-refractivity contribution in [2.75, 3.05) is 50.5 Å². The first-order chi connectivity index (χ1) is 22.9. The number of carbonyl (C=O) groups is 2. The van der Waals surface area contributed by atoms with Gasteiger partial charge in [0.2, 0.25) is 0 Å². The average Bonchev–Trinajstić information content (AvgIpc) is 3.17. The van der Waals surface area contributed by atoms with Gasteiger partial charge in [0.1, 0.15) is 15.7 Å². The molecule has 2 aromatic carbocycles. The van der Waals surface area contributed by atoms with Crippen LogP contribution in [-0.4, -0.2) is 72.8 Å². The maximum atomic E-state index is 14.4. The molecule has 3 heterocycles. The number of nitrogens with zero attached hydrogens (tertiary/aromatic N) is 3. The van der Waals surface area contributed by atoms with Crippen molar-refractivity contribution in [2.45, 2.75) is 77.7 Å². The molecule has 3 aliphatic heterocycles. The Bertz CT molecular complexity index is 1650. The lowest BCUT2D eigenvalue weighted by Gasteiger charge is -2.42. The van der Waals surface area contributed by atoms with Crippen molar-refractivity contribution < 1.29 is 23.3 Å². The first-order valence-electron chi connectivity index (χ1n) is 17.6. The van der Waals surface area contributed by atoms with Crippen LogP contribution < -0.4 is 14.4 Å². The van der Waals surface area contributed by atoms with Gasteiger partial charge in [-0.1, -0.05) is 51.8 Å². The average molecular weight is 699 g/mol. The standard InChI is InChI=1S/C37H51ClN4O5S/c1-24-8-6-10-33(46-5)27(4)26(3)20-42-22-37(15-7-9-28-16-30(38)12-13-31(28)37)23-47-34-14-11-29(17-32(34)42)35(43)39-48(45,21-24)40-36(44)41-18-25(2)19-41/h11-14,16-17,24-27,33H,6-10,15,18-23H2,1-5H3,(H,39,40,43,44,45)/t24-,26-,27+,33-,37-,48-/m0/s1. The first kappa shape index (κ1) is 35.0. The Morgan fingerprint density at radius 2 is 1.85 bits per heavy atom. The van der Waals surface area contributed by atoms with Crippen LogP contribution in [0.25, 0.3) is 0 Å². The van der Waals surface area contributed by atoms with E-state index in [-0.39, 0.29) is 35.0 Å². The highest BCUT2D eigenvalue weighted by molar-refractivity contribution is 7.92. The number of halogens is 1. The summed E-state index contributed by atoms with van der Waals surface area (Å²) in [6.45, 7) is 11.8. The quantitative estimate of drug-likeness (QED) is 0.359. The molecule has 1 N–H and O–H groups in total. The van der Waals surface area contributed by atoms with Gasteiger partial charge in [-0.3, -0.25) is 9.52 Å². The molecule has 48 heavy (non-hydrogen) atoms. The summed E-state index contributed by atoms with van der Waals surface area (Å²) in [6.07, 6.45) is 5.59. The van der Waals surface area contributed by atoms with Gasteiger partial charge in [0.15, 0.2) is 0 Å². The Morgan fingerprint density at radius 1 is 1.06 bits per heavy atom. The minimum absolute atomic E-state index is 0.0248. The number of likely N-dealkylation sites (tertiary alicyclic amines) is 1. The van der Waals surface area contributed by atoms with Gasteiger partial charge >= 0.3 is 6.03 Å². The summed E-state index contributed by atoms with van der Waals surface area (Å²) in [7, 11) is -1.60. The van der Waals surface area contributed by atoms with E-state index in [0.717, 1.165) is 62.3 Å². The largest absolute Gasteiger partial charge is 0.490 e. The third kappa shape index (κ3) is 7.36. The van der Waals surface area contributed by atoms with E-state index in [9.17, 15) is 13.8 Å². The number of hydrogen-bond acceptors (Lipinski definition) is 6. The molecule has 11 heteroatoms. The van der Waals surface area contributed by atoms with E-state index in [2.05, 4.69) is 46.9 Å². The number of amides is 3. The molecule has 1 saturated heterocycles. The molecule has 6 rings (SSSR count). The molecule has 4 aliphatic rings. The zero-order chi connectivity index (χ0) is 34.2. The fourth-order valence-corrected chi connectivity index (χ4v) is 10.3.